The van der Waals surface area contributed by atoms with Gasteiger partial charge in [0.25, 0.3) is 0 Å². The molecule has 0 saturated carbocycles. The number of nitrogens with zero attached hydrogens (tertiary/aromatic N) is 4. The van der Waals surface area contributed by atoms with Crippen molar-refractivity contribution in [2.75, 3.05) is 58.5 Å². The molecule has 150 valence electrons. The maximum atomic E-state index is 11.7. The average Bonchev–Trinajstić information content (AvgIpc) is 2.69. The molecule has 27 heavy (non-hydrogen) atoms. The van der Waals surface area contributed by atoms with Crippen LogP contribution in [0.5, 0.6) is 0 Å². The fourth-order valence-electron chi connectivity index (χ4n) is 1.68. The van der Waals surface area contributed by atoms with Crippen molar-refractivity contribution in [3.8, 4) is 0 Å². The summed E-state index contributed by atoms with van der Waals surface area (Å²) in [6.07, 6.45) is 2.22. The number of rotatable bonds is 17. The Labute approximate surface area is 166 Å². The molecule has 0 aromatic carbocycles. The molecule has 1 aromatic rings. The zero-order valence-corrected chi connectivity index (χ0v) is 16.8. The van der Waals surface area contributed by atoms with E-state index < -0.39 is 0 Å². The summed E-state index contributed by atoms with van der Waals surface area (Å²) in [6, 6.07) is 5.76. The van der Waals surface area contributed by atoms with Crippen molar-refractivity contribution in [3.05, 3.63) is 34.8 Å². The lowest BCUT2D eigenvalue weighted by molar-refractivity contribution is -0.120. The second-order valence-corrected chi connectivity index (χ2v) is 7.40. The van der Waals surface area contributed by atoms with Gasteiger partial charge in [0.15, 0.2) is 0 Å². The van der Waals surface area contributed by atoms with Gasteiger partial charge < -0.3 is 19.5 Å². The average molecular weight is 416 g/mol. The third kappa shape index (κ3) is 15.3. The van der Waals surface area contributed by atoms with Crippen LogP contribution in [0.4, 0.5) is 0 Å². The van der Waals surface area contributed by atoms with E-state index in [2.05, 4.69) is 20.3 Å². The fraction of sp³-hybridized carbons (Fsp3) is 0.625. The van der Waals surface area contributed by atoms with Crippen molar-refractivity contribution in [1.82, 2.24) is 10.3 Å². The number of nitrogens with one attached hydrogen (secondary N) is 1. The van der Waals surface area contributed by atoms with Gasteiger partial charge in [0.1, 0.15) is 5.03 Å². The van der Waals surface area contributed by atoms with Crippen LogP contribution < -0.4 is 5.32 Å². The normalized spacial score (nSPS) is 10.4. The minimum Gasteiger partial charge on any atom is -0.379 e. The molecule has 0 aliphatic carbocycles. The van der Waals surface area contributed by atoms with Crippen molar-refractivity contribution in [2.24, 2.45) is 5.11 Å². The van der Waals surface area contributed by atoms with E-state index in [0.29, 0.717) is 59.2 Å². The molecular weight excluding hydrogens is 390 g/mol. The monoisotopic (exact) mass is 415 g/mol. The highest BCUT2D eigenvalue weighted by molar-refractivity contribution is 8.76. The van der Waals surface area contributed by atoms with Crippen LogP contribution in [0.1, 0.15) is 6.42 Å². The van der Waals surface area contributed by atoms with Gasteiger partial charge in [-0.15, -0.1) is 0 Å². The number of hydrogen-bond donors (Lipinski definition) is 1. The number of pyridine rings is 1. The molecule has 0 bridgehead atoms. The van der Waals surface area contributed by atoms with E-state index in [1.54, 1.807) is 27.8 Å². The quantitative estimate of drug-likeness (QED) is 0.137. The van der Waals surface area contributed by atoms with Gasteiger partial charge in [0.2, 0.25) is 5.91 Å². The summed E-state index contributed by atoms with van der Waals surface area (Å²) in [5, 5.41) is 7.12. The van der Waals surface area contributed by atoms with E-state index in [-0.39, 0.29) is 5.91 Å². The first kappa shape index (κ1) is 23.5. The Hall–Kier alpha value is -1.49. The third-order valence-electron chi connectivity index (χ3n) is 2.91. The number of azide groups is 1. The number of carbonyl (C=O) groups excluding carboxylic acids is 1. The summed E-state index contributed by atoms with van der Waals surface area (Å²) in [4.78, 5) is 18.5. The van der Waals surface area contributed by atoms with E-state index in [0.717, 1.165) is 10.8 Å². The summed E-state index contributed by atoms with van der Waals surface area (Å²) in [5.41, 5.74) is 8.08. The second-order valence-electron chi connectivity index (χ2n) is 4.96. The largest absolute Gasteiger partial charge is 0.379 e. The fourth-order valence-corrected chi connectivity index (χ4v) is 3.54. The van der Waals surface area contributed by atoms with Crippen molar-refractivity contribution in [3.63, 3.8) is 0 Å². The predicted octanol–water partition coefficient (Wildman–Crippen LogP) is 2.69. The Kier molecular flexibility index (Phi) is 15.6. The Morgan fingerprint density at radius 1 is 1.15 bits per heavy atom. The van der Waals surface area contributed by atoms with Crippen LogP contribution >= 0.6 is 21.6 Å². The van der Waals surface area contributed by atoms with Crippen molar-refractivity contribution < 1.29 is 19.0 Å². The van der Waals surface area contributed by atoms with Gasteiger partial charge in [0.05, 0.1) is 39.6 Å². The van der Waals surface area contributed by atoms with E-state index >= 15 is 0 Å². The lowest BCUT2D eigenvalue weighted by Crippen LogP contribution is -2.27. The van der Waals surface area contributed by atoms with E-state index in [4.69, 9.17) is 19.7 Å². The zero-order chi connectivity index (χ0) is 19.4. The number of hydrogen-bond acceptors (Lipinski definition) is 8. The summed E-state index contributed by atoms with van der Waals surface area (Å²) in [5.74, 6) is 0.744. The van der Waals surface area contributed by atoms with Crippen molar-refractivity contribution in [2.45, 2.75) is 11.4 Å². The summed E-state index contributed by atoms with van der Waals surface area (Å²) >= 11 is 0. The Morgan fingerprint density at radius 2 is 1.89 bits per heavy atom. The van der Waals surface area contributed by atoms with E-state index in [1.807, 2.05) is 18.2 Å². The van der Waals surface area contributed by atoms with Gasteiger partial charge in [-0.2, -0.15) is 0 Å². The van der Waals surface area contributed by atoms with Crippen LogP contribution in [-0.4, -0.2) is 69.4 Å². The highest BCUT2D eigenvalue weighted by Crippen LogP contribution is 2.29. The molecule has 0 saturated heterocycles. The zero-order valence-electron chi connectivity index (χ0n) is 15.1. The lowest BCUT2D eigenvalue weighted by Gasteiger charge is -2.07. The molecule has 1 heterocycles. The van der Waals surface area contributed by atoms with Crippen molar-refractivity contribution >= 4 is 27.5 Å². The van der Waals surface area contributed by atoms with E-state index in [9.17, 15) is 4.79 Å². The first-order valence-corrected chi connectivity index (χ1v) is 10.9. The molecule has 9 nitrogen and oxygen atoms in total. The topological polar surface area (TPSA) is 118 Å². The molecule has 0 spiro atoms. The minimum absolute atomic E-state index is 0.0156. The molecule has 1 rings (SSSR count). The molecule has 0 unspecified atom stereocenters. The molecule has 1 N–H and O–H groups in total. The molecule has 0 fully saturated rings. The highest BCUT2D eigenvalue weighted by atomic mass is 33.1. The maximum Gasteiger partial charge on any atom is 0.220 e. The van der Waals surface area contributed by atoms with E-state index in [1.165, 1.54) is 0 Å². The van der Waals surface area contributed by atoms with Crippen LogP contribution in [-0.2, 0) is 19.0 Å². The van der Waals surface area contributed by atoms with Gasteiger partial charge in [-0.1, -0.05) is 22.0 Å². The second kappa shape index (κ2) is 17.9. The standard InChI is InChI=1S/C16H25N5O4S2/c17-21-20-7-9-24-11-13-25-12-10-23-8-6-18-15(22)4-14-26-27-16-3-1-2-5-19-16/h1-3,5H,4,6-14H2,(H,18,22). The summed E-state index contributed by atoms with van der Waals surface area (Å²) in [6.45, 7) is 3.50. The molecule has 1 amide bonds. The van der Waals surface area contributed by atoms with Crippen LogP contribution in [0.2, 0.25) is 0 Å². The van der Waals surface area contributed by atoms with Crippen LogP contribution in [0, 0.1) is 0 Å². The number of ether oxygens (including phenoxy) is 3. The van der Waals surface area contributed by atoms with Crippen LogP contribution in [0.3, 0.4) is 0 Å². The molecule has 1 aromatic heterocycles. The molecule has 0 atom stereocenters. The number of aromatic nitrogens is 1. The molecule has 0 radical (unpaired) electrons. The first-order chi connectivity index (χ1) is 13.3. The number of carbonyl (C=O) groups is 1. The van der Waals surface area contributed by atoms with Gasteiger partial charge in [-0.05, 0) is 28.5 Å². The number of amides is 1. The van der Waals surface area contributed by atoms with Crippen molar-refractivity contribution in [1.29, 1.82) is 0 Å². The predicted molar refractivity (Wildman–Crippen MR) is 107 cm³/mol. The van der Waals surface area contributed by atoms with Gasteiger partial charge in [-0.25, -0.2) is 4.98 Å². The molecule has 11 heteroatoms. The van der Waals surface area contributed by atoms with Crippen LogP contribution in [0.25, 0.3) is 10.4 Å². The third-order valence-corrected chi connectivity index (χ3v) is 5.17. The van der Waals surface area contributed by atoms with Gasteiger partial charge >= 0.3 is 0 Å². The highest BCUT2D eigenvalue weighted by Gasteiger charge is 2.02. The SMILES string of the molecule is [N-]=[N+]=NCCOCCOCCOCCNC(=O)CCSSc1ccccn1. The lowest BCUT2D eigenvalue weighted by atomic mass is 10.4. The minimum atomic E-state index is 0.0156. The first-order valence-electron chi connectivity index (χ1n) is 8.54. The Morgan fingerprint density at radius 3 is 2.59 bits per heavy atom. The molecule has 0 aliphatic rings. The Balaban J connectivity index is 1.79. The molecule has 0 aliphatic heterocycles. The summed E-state index contributed by atoms with van der Waals surface area (Å²) < 4.78 is 15.9. The van der Waals surface area contributed by atoms with Gasteiger partial charge in [-0.3, -0.25) is 4.79 Å². The van der Waals surface area contributed by atoms with Gasteiger partial charge in [0, 0.05) is 36.4 Å². The van der Waals surface area contributed by atoms with Crippen LogP contribution in [0.15, 0.2) is 34.5 Å². The Bertz CT molecular complexity index is 547. The maximum absolute atomic E-state index is 11.7. The molecular formula is C16H25N5O4S2. The smallest absolute Gasteiger partial charge is 0.220 e. The summed E-state index contributed by atoms with van der Waals surface area (Å²) in [7, 11) is 3.18.